The SMILES string of the molecule is COCCN1CC[C@@]2(CN(Cc3ccccn3)C[C@@H]2c2cn(C(C)C)cn2)C1=O. The number of rotatable bonds is 7. The van der Waals surface area contributed by atoms with E-state index in [1.54, 1.807) is 7.11 Å². The van der Waals surface area contributed by atoms with Crippen LogP contribution in [-0.2, 0) is 16.1 Å². The number of amides is 1. The van der Waals surface area contributed by atoms with Crippen LogP contribution < -0.4 is 0 Å². The third kappa shape index (κ3) is 3.81. The fraction of sp³-hybridized carbons (Fsp3) is 0.591. The number of aromatic nitrogens is 3. The summed E-state index contributed by atoms with van der Waals surface area (Å²) in [7, 11) is 1.68. The zero-order valence-corrected chi connectivity index (χ0v) is 17.6. The first-order valence-electron chi connectivity index (χ1n) is 10.5. The number of hydrogen-bond acceptors (Lipinski definition) is 5. The number of likely N-dealkylation sites (tertiary alicyclic amines) is 2. The molecule has 0 unspecified atom stereocenters. The quantitative estimate of drug-likeness (QED) is 0.718. The highest BCUT2D eigenvalue weighted by atomic mass is 16.5. The summed E-state index contributed by atoms with van der Waals surface area (Å²) in [5, 5.41) is 0. The monoisotopic (exact) mass is 397 g/mol. The molecule has 0 N–H and O–H groups in total. The molecular weight excluding hydrogens is 366 g/mol. The largest absolute Gasteiger partial charge is 0.383 e. The normalized spacial score (nSPS) is 25.0. The van der Waals surface area contributed by atoms with Crippen LogP contribution in [0.2, 0.25) is 0 Å². The molecule has 2 saturated heterocycles. The molecule has 7 nitrogen and oxygen atoms in total. The maximum atomic E-state index is 13.6. The molecule has 1 spiro atoms. The van der Waals surface area contributed by atoms with Crippen LogP contribution in [0, 0.1) is 5.41 Å². The minimum Gasteiger partial charge on any atom is -0.383 e. The molecule has 2 atom stereocenters. The fourth-order valence-electron chi connectivity index (χ4n) is 4.78. The van der Waals surface area contributed by atoms with Crippen molar-refractivity contribution < 1.29 is 9.53 Å². The highest BCUT2D eigenvalue weighted by Crippen LogP contribution is 2.49. The van der Waals surface area contributed by atoms with E-state index in [1.165, 1.54) is 0 Å². The first-order chi connectivity index (χ1) is 14.0. The van der Waals surface area contributed by atoms with Crippen LogP contribution in [0.4, 0.5) is 0 Å². The van der Waals surface area contributed by atoms with Crippen molar-refractivity contribution in [3.63, 3.8) is 0 Å². The van der Waals surface area contributed by atoms with Gasteiger partial charge in [0.2, 0.25) is 5.91 Å². The number of imidazole rings is 1. The third-order valence-electron chi connectivity index (χ3n) is 6.41. The van der Waals surface area contributed by atoms with Crippen molar-refractivity contribution in [2.75, 3.05) is 39.9 Å². The minimum atomic E-state index is -0.404. The summed E-state index contributed by atoms with van der Waals surface area (Å²) in [4.78, 5) is 27.1. The number of hydrogen-bond donors (Lipinski definition) is 0. The van der Waals surface area contributed by atoms with Crippen molar-refractivity contribution in [3.05, 3.63) is 48.3 Å². The van der Waals surface area contributed by atoms with E-state index in [1.807, 2.05) is 29.6 Å². The van der Waals surface area contributed by atoms with Crippen molar-refractivity contribution in [2.45, 2.75) is 38.8 Å². The number of carbonyl (C=O) groups excluding carboxylic acids is 1. The van der Waals surface area contributed by atoms with Crippen LogP contribution in [0.5, 0.6) is 0 Å². The lowest BCUT2D eigenvalue weighted by Crippen LogP contribution is -2.40. The Hall–Kier alpha value is -2.25. The number of ether oxygens (including phenoxy) is 1. The number of pyridine rings is 1. The van der Waals surface area contributed by atoms with Crippen LogP contribution in [0.3, 0.4) is 0 Å². The summed E-state index contributed by atoms with van der Waals surface area (Å²) in [5.74, 6) is 0.355. The average molecular weight is 398 g/mol. The van der Waals surface area contributed by atoms with Crippen LogP contribution in [0.15, 0.2) is 36.9 Å². The number of methoxy groups -OCH3 is 1. The Labute approximate surface area is 172 Å². The minimum absolute atomic E-state index is 0.103. The molecule has 0 aromatic carbocycles. The summed E-state index contributed by atoms with van der Waals surface area (Å²) >= 11 is 0. The first kappa shape index (κ1) is 20.0. The van der Waals surface area contributed by atoms with E-state index < -0.39 is 5.41 Å². The van der Waals surface area contributed by atoms with Gasteiger partial charge >= 0.3 is 0 Å². The second kappa shape index (κ2) is 8.24. The van der Waals surface area contributed by atoms with Crippen LogP contribution >= 0.6 is 0 Å². The molecule has 0 saturated carbocycles. The van der Waals surface area contributed by atoms with Gasteiger partial charge in [0, 0.05) is 64.2 Å². The van der Waals surface area contributed by atoms with Gasteiger partial charge in [-0.15, -0.1) is 0 Å². The zero-order valence-electron chi connectivity index (χ0n) is 17.6. The van der Waals surface area contributed by atoms with E-state index in [-0.39, 0.29) is 11.8 Å². The molecule has 2 fully saturated rings. The van der Waals surface area contributed by atoms with Gasteiger partial charge in [0.1, 0.15) is 0 Å². The Bertz CT molecular complexity index is 837. The van der Waals surface area contributed by atoms with Crippen LogP contribution in [0.1, 0.15) is 43.6 Å². The highest BCUT2D eigenvalue weighted by molar-refractivity contribution is 5.86. The molecule has 4 rings (SSSR count). The van der Waals surface area contributed by atoms with Crippen LogP contribution in [0.25, 0.3) is 0 Å². The molecule has 2 aromatic heterocycles. The maximum Gasteiger partial charge on any atom is 0.230 e. The second-order valence-corrected chi connectivity index (χ2v) is 8.57. The molecule has 156 valence electrons. The molecule has 4 heterocycles. The van der Waals surface area contributed by atoms with Crippen molar-refractivity contribution >= 4 is 5.91 Å². The van der Waals surface area contributed by atoms with Gasteiger partial charge in [-0.3, -0.25) is 14.7 Å². The van der Waals surface area contributed by atoms with Crippen molar-refractivity contribution in [2.24, 2.45) is 5.41 Å². The number of nitrogens with zero attached hydrogens (tertiary/aromatic N) is 5. The Morgan fingerprint density at radius 2 is 2.17 bits per heavy atom. The lowest BCUT2D eigenvalue weighted by atomic mass is 9.75. The van der Waals surface area contributed by atoms with E-state index in [9.17, 15) is 4.79 Å². The lowest BCUT2D eigenvalue weighted by molar-refractivity contribution is -0.136. The van der Waals surface area contributed by atoms with Gasteiger partial charge in [0.15, 0.2) is 0 Å². The Balaban J connectivity index is 1.61. The van der Waals surface area contributed by atoms with E-state index in [2.05, 4.69) is 40.6 Å². The smallest absolute Gasteiger partial charge is 0.230 e. The molecule has 7 heteroatoms. The Morgan fingerprint density at radius 3 is 2.86 bits per heavy atom. The van der Waals surface area contributed by atoms with Crippen molar-refractivity contribution in [3.8, 4) is 0 Å². The summed E-state index contributed by atoms with van der Waals surface area (Å²) in [6.07, 6.45) is 6.73. The Morgan fingerprint density at radius 1 is 1.31 bits per heavy atom. The molecule has 29 heavy (non-hydrogen) atoms. The molecule has 1 amide bonds. The molecule has 2 aromatic rings. The summed E-state index contributed by atoms with van der Waals surface area (Å²) < 4.78 is 7.35. The van der Waals surface area contributed by atoms with Crippen molar-refractivity contribution in [1.29, 1.82) is 0 Å². The van der Waals surface area contributed by atoms with Gasteiger partial charge in [-0.25, -0.2) is 4.98 Å². The van der Waals surface area contributed by atoms with Crippen molar-refractivity contribution in [1.82, 2.24) is 24.3 Å². The molecule has 0 radical (unpaired) electrons. The van der Waals surface area contributed by atoms with E-state index in [0.29, 0.717) is 19.2 Å². The van der Waals surface area contributed by atoms with E-state index in [0.717, 1.165) is 44.0 Å². The topological polar surface area (TPSA) is 63.5 Å². The van der Waals surface area contributed by atoms with Gasteiger partial charge in [0.05, 0.1) is 29.7 Å². The zero-order chi connectivity index (χ0) is 20.4. The molecule has 0 bridgehead atoms. The summed E-state index contributed by atoms with van der Waals surface area (Å²) in [6, 6.07) is 6.36. The Kier molecular flexibility index (Phi) is 5.69. The predicted octanol–water partition coefficient (Wildman–Crippen LogP) is 2.32. The molecular formula is C22H31N5O2. The lowest BCUT2D eigenvalue weighted by Gasteiger charge is -2.28. The second-order valence-electron chi connectivity index (χ2n) is 8.57. The number of carbonyl (C=O) groups is 1. The summed E-state index contributed by atoms with van der Waals surface area (Å²) in [5.41, 5.74) is 1.67. The molecule has 2 aliphatic rings. The van der Waals surface area contributed by atoms with E-state index in [4.69, 9.17) is 9.72 Å². The molecule has 0 aliphatic carbocycles. The van der Waals surface area contributed by atoms with Gasteiger partial charge in [-0.2, -0.15) is 0 Å². The van der Waals surface area contributed by atoms with Gasteiger partial charge < -0.3 is 14.2 Å². The van der Waals surface area contributed by atoms with E-state index >= 15 is 0 Å². The first-order valence-corrected chi connectivity index (χ1v) is 10.5. The fourth-order valence-corrected chi connectivity index (χ4v) is 4.78. The highest BCUT2D eigenvalue weighted by Gasteiger charge is 2.57. The maximum absolute atomic E-state index is 13.6. The molecule has 2 aliphatic heterocycles. The van der Waals surface area contributed by atoms with Gasteiger partial charge in [-0.1, -0.05) is 6.07 Å². The standard InChI is InChI=1S/C22H31N5O2/c1-17(2)27-14-20(24-16-27)19-13-25(12-18-6-4-5-8-23-18)15-22(19)7-9-26(21(22)28)10-11-29-3/h4-6,8,14,16-17,19H,7,9-13,15H2,1-3H3/t19-,22+/m1/s1. The summed E-state index contributed by atoms with van der Waals surface area (Å²) in [6.45, 7) is 8.67. The average Bonchev–Trinajstić information content (AvgIpc) is 3.41. The van der Waals surface area contributed by atoms with Gasteiger partial charge in [0.25, 0.3) is 0 Å². The predicted molar refractivity (Wildman–Crippen MR) is 110 cm³/mol. The van der Waals surface area contributed by atoms with Gasteiger partial charge in [-0.05, 0) is 32.4 Å². The van der Waals surface area contributed by atoms with Crippen LogP contribution in [-0.4, -0.2) is 70.1 Å². The third-order valence-corrected chi connectivity index (χ3v) is 6.41.